The van der Waals surface area contributed by atoms with Crippen LogP contribution in [0.25, 0.3) is 0 Å². The highest BCUT2D eigenvalue weighted by Gasteiger charge is 2.22. The number of carbonyl (C=O) groups is 1. The molecule has 0 N–H and O–H groups in total. The van der Waals surface area contributed by atoms with Crippen LogP contribution in [0.2, 0.25) is 0 Å². The fourth-order valence-electron chi connectivity index (χ4n) is 1.52. The van der Waals surface area contributed by atoms with E-state index in [4.69, 9.17) is 9.15 Å². The number of hydrogen-bond acceptors (Lipinski definition) is 4. The zero-order valence-electron chi connectivity index (χ0n) is 9.52. The summed E-state index contributed by atoms with van der Waals surface area (Å²) in [6, 6.07) is 1.62. The Morgan fingerprint density at radius 3 is 2.94 bits per heavy atom. The Balaban J connectivity index is 2.35. The molecule has 2 heterocycles. The van der Waals surface area contributed by atoms with Crippen molar-refractivity contribution < 1.29 is 13.9 Å². The summed E-state index contributed by atoms with van der Waals surface area (Å²) >= 11 is 6.53. The summed E-state index contributed by atoms with van der Waals surface area (Å²) in [7, 11) is 1.60. The summed E-state index contributed by atoms with van der Waals surface area (Å²) in [5, 5.41) is 4.14. The van der Waals surface area contributed by atoms with Crippen LogP contribution < -0.4 is 0 Å². The number of hydrogen-bond donors (Lipinski definition) is 0. The lowest BCUT2D eigenvalue weighted by atomic mass is 10.1. The smallest absolute Gasteiger partial charge is 0.216 e. The minimum Gasteiger partial charge on any atom is -0.457 e. The van der Waals surface area contributed by atoms with Crippen molar-refractivity contribution in [3.63, 3.8) is 0 Å². The SMILES string of the molecule is COCCn1ncc(Br)c1C(=O)c1ccoc1Br. The summed E-state index contributed by atoms with van der Waals surface area (Å²) < 4.78 is 12.7. The first-order chi connectivity index (χ1) is 8.65. The number of ether oxygens (including phenoxy) is 1. The molecule has 18 heavy (non-hydrogen) atoms. The van der Waals surface area contributed by atoms with Crippen LogP contribution in [0, 0.1) is 0 Å². The molecule has 0 spiro atoms. The molecule has 0 radical (unpaired) electrons. The maximum absolute atomic E-state index is 12.4. The summed E-state index contributed by atoms with van der Waals surface area (Å²) in [6.45, 7) is 1.000. The zero-order valence-corrected chi connectivity index (χ0v) is 12.7. The highest BCUT2D eigenvalue weighted by atomic mass is 79.9. The van der Waals surface area contributed by atoms with Gasteiger partial charge in [0.15, 0.2) is 4.67 Å². The van der Waals surface area contributed by atoms with Gasteiger partial charge in [-0.1, -0.05) is 0 Å². The van der Waals surface area contributed by atoms with Gasteiger partial charge < -0.3 is 9.15 Å². The Labute approximate surface area is 120 Å². The number of carbonyl (C=O) groups excluding carboxylic acids is 1. The monoisotopic (exact) mass is 376 g/mol. The fourth-order valence-corrected chi connectivity index (χ4v) is 2.42. The molecule has 0 unspecified atom stereocenters. The summed E-state index contributed by atoms with van der Waals surface area (Å²) in [6.07, 6.45) is 3.05. The lowest BCUT2D eigenvalue weighted by Gasteiger charge is -2.06. The topological polar surface area (TPSA) is 57.3 Å². The Morgan fingerprint density at radius 2 is 2.33 bits per heavy atom. The highest BCUT2D eigenvalue weighted by molar-refractivity contribution is 9.10. The third-order valence-corrected chi connectivity index (χ3v) is 3.57. The molecule has 0 atom stereocenters. The molecular weight excluding hydrogens is 368 g/mol. The van der Waals surface area contributed by atoms with Gasteiger partial charge in [-0.05, 0) is 37.9 Å². The van der Waals surface area contributed by atoms with E-state index in [1.54, 1.807) is 24.1 Å². The molecular formula is C11H10Br2N2O3. The summed E-state index contributed by atoms with van der Waals surface area (Å²) in [4.78, 5) is 12.4. The van der Waals surface area contributed by atoms with E-state index >= 15 is 0 Å². The van der Waals surface area contributed by atoms with Gasteiger partial charge in [-0.25, -0.2) is 0 Å². The predicted octanol–water partition coefficient (Wildman–Crippen LogP) is 2.88. The van der Waals surface area contributed by atoms with Gasteiger partial charge in [-0.3, -0.25) is 9.48 Å². The van der Waals surface area contributed by atoms with Gasteiger partial charge in [-0.15, -0.1) is 0 Å². The number of furan rings is 1. The van der Waals surface area contributed by atoms with Crippen molar-refractivity contribution in [2.75, 3.05) is 13.7 Å². The number of halogens is 2. The quantitative estimate of drug-likeness (QED) is 0.752. The fraction of sp³-hybridized carbons (Fsp3) is 0.273. The second-order valence-electron chi connectivity index (χ2n) is 3.49. The van der Waals surface area contributed by atoms with Gasteiger partial charge in [-0.2, -0.15) is 5.10 Å². The van der Waals surface area contributed by atoms with Crippen LogP contribution in [0.4, 0.5) is 0 Å². The Bertz CT molecular complexity index is 562. The van der Waals surface area contributed by atoms with Crippen molar-refractivity contribution in [3.8, 4) is 0 Å². The van der Waals surface area contributed by atoms with Gasteiger partial charge in [0, 0.05) is 7.11 Å². The average Bonchev–Trinajstić information content (AvgIpc) is 2.92. The van der Waals surface area contributed by atoms with Gasteiger partial charge in [0.05, 0.1) is 35.6 Å². The Hall–Kier alpha value is -0.920. The molecule has 0 aliphatic heterocycles. The van der Waals surface area contributed by atoms with Crippen molar-refractivity contribution in [1.82, 2.24) is 9.78 Å². The normalized spacial score (nSPS) is 10.8. The first kappa shape index (κ1) is 13.5. The van der Waals surface area contributed by atoms with E-state index in [0.29, 0.717) is 33.6 Å². The van der Waals surface area contributed by atoms with Gasteiger partial charge in [0.25, 0.3) is 0 Å². The first-order valence-electron chi connectivity index (χ1n) is 5.13. The third kappa shape index (κ3) is 2.57. The molecule has 0 aromatic carbocycles. The van der Waals surface area contributed by atoms with Crippen LogP contribution in [0.15, 0.2) is 32.1 Å². The molecule has 0 aliphatic rings. The van der Waals surface area contributed by atoms with E-state index in [9.17, 15) is 4.79 Å². The highest BCUT2D eigenvalue weighted by Crippen LogP contribution is 2.25. The number of methoxy groups -OCH3 is 1. The molecule has 0 saturated carbocycles. The minimum atomic E-state index is -0.156. The van der Waals surface area contributed by atoms with E-state index < -0.39 is 0 Å². The molecule has 2 aromatic rings. The molecule has 2 rings (SSSR count). The molecule has 96 valence electrons. The standard InChI is InChI=1S/C11H10Br2N2O3/c1-17-5-3-15-9(8(12)6-14-15)10(16)7-2-4-18-11(7)13/h2,4,6H,3,5H2,1H3. The van der Waals surface area contributed by atoms with Gasteiger partial charge >= 0.3 is 0 Å². The summed E-state index contributed by atoms with van der Waals surface area (Å²) in [5.74, 6) is -0.156. The third-order valence-electron chi connectivity index (χ3n) is 2.38. The number of aromatic nitrogens is 2. The van der Waals surface area contributed by atoms with Crippen LogP contribution in [-0.2, 0) is 11.3 Å². The van der Waals surface area contributed by atoms with Crippen molar-refractivity contribution in [2.24, 2.45) is 0 Å². The van der Waals surface area contributed by atoms with Gasteiger partial charge in [0.1, 0.15) is 5.69 Å². The molecule has 0 saturated heterocycles. The number of rotatable bonds is 5. The molecule has 7 heteroatoms. The Morgan fingerprint density at radius 1 is 1.56 bits per heavy atom. The van der Waals surface area contributed by atoms with Crippen LogP contribution >= 0.6 is 31.9 Å². The van der Waals surface area contributed by atoms with Crippen molar-refractivity contribution >= 4 is 37.6 Å². The van der Waals surface area contributed by atoms with E-state index in [-0.39, 0.29) is 5.78 Å². The lowest BCUT2D eigenvalue weighted by molar-refractivity contribution is 0.102. The average molecular weight is 378 g/mol. The van der Waals surface area contributed by atoms with Crippen LogP contribution in [0.3, 0.4) is 0 Å². The molecule has 0 amide bonds. The number of nitrogens with zero attached hydrogens (tertiary/aromatic N) is 2. The van der Waals surface area contributed by atoms with Crippen molar-refractivity contribution in [2.45, 2.75) is 6.54 Å². The van der Waals surface area contributed by atoms with Crippen LogP contribution in [-0.4, -0.2) is 29.3 Å². The number of ketones is 1. The van der Waals surface area contributed by atoms with E-state index in [0.717, 1.165) is 0 Å². The van der Waals surface area contributed by atoms with E-state index in [1.807, 2.05) is 0 Å². The van der Waals surface area contributed by atoms with Gasteiger partial charge in [0.2, 0.25) is 5.78 Å². The van der Waals surface area contributed by atoms with Crippen LogP contribution in [0.5, 0.6) is 0 Å². The molecule has 2 aromatic heterocycles. The maximum Gasteiger partial charge on any atom is 0.216 e. The van der Waals surface area contributed by atoms with Crippen LogP contribution in [0.1, 0.15) is 16.1 Å². The largest absolute Gasteiger partial charge is 0.457 e. The molecule has 0 fully saturated rings. The van der Waals surface area contributed by atoms with E-state index in [2.05, 4.69) is 37.0 Å². The zero-order chi connectivity index (χ0) is 13.1. The van der Waals surface area contributed by atoms with Crippen molar-refractivity contribution in [1.29, 1.82) is 0 Å². The lowest BCUT2D eigenvalue weighted by Crippen LogP contribution is -2.14. The Kier molecular flexibility index (Phi) is 4.36. The minimum absolute atomic E-state index is 0.156. The van der Waals surface area contributed by atoms with E-state index in [1.165, 1.54) is 6.26 Å². The molecule has 5 nitrogen and oxygen atoms in total. The molecule has 0 aliphatic carbocycles. The van der Waals surface area contributed by atoms with Crippen molar-refractivity contribution in [3.05, 3.63) is 38.9 Å². The maximum atomic E-state index is 12.4. The first-order valence-corrected chi connectivity index (χ1v) is 6.71. The second kappa shape index (κ2) is 5.81. The second-order valence-corrected chi connectivity index (χ2v) is 5.07. The molecule has 0 bridgehead atoms. The predicted molar refractivity (Wildman–Crippen MR) is 71.6 cm³/mol. The summed E-state index contributed by atoms with van der Waals surface area (Å²) in [5.41, 5.74) is 0.948.